The van der Waals surface area contributed by atoms with E-state index in [1.54, 1.807) is 0 Å². The van der Waals surface area contributed by atoms with E-state index >= 15 is 0 Å². The van der Waals surface area contributed by atoms with Crippen molar-refractivity contribution in [1.29, 1.82) is 0 Å². The highest BCUT2D eigenvalue weighted by Crippen LogP contribution is 2.08. The van der Waals surface area contributed by atoms with Crippen molar-refractivity contribution in [3.63, 3.8) is 0 Å². The zero-order valence-corrected chi connectivity index (χ0v) is 8.33. The minimum atomic E-state index is -1.16. The number of Topliss-reactive ketones (excluding diaryl/α,β-unsaturated/α-hetero) is 2. The number of esters is 2. The Labute approximate surface area is 81.4 Å². The lowest BCUT2D eigenvalue weighted by Crippen LogP contribution is -2.27. The second-order valence-electron chi connectivity index (χ2n) is 2.98. The maximum atomic E-state index is 11.1. The highest BCUT2D eigenvalue weighted by molar-refractivity contribution is 6.03. The van der Waals surface area contributed by atoms with Gasteiger partial charge in [0, 0.05) is 13.3 Å². The van der Waals surface area contributed by atoms with Crippen LogP contribution in [0.25, 0.3) is 0 Å². The molecule has 0 aliphatic carbocycles. The standard InChI is InChI=1S/C9H12O5/c1-5(10)4-8(6(2)11)9(13)14-7(3)12/h8H,4H2,1-3H3. The number of rotatable bonds is 4. The molecular weight excluding hydrogens is 188 g/mol. The molecule has 0 fully saturated rings. The largest absolute Gasteiger partial charge is 0.393 e. The zero-order valence-electron chi connectivity index (χ0n) is 8.33. The van der Waals surface area contributed by atoms with Gasteiger partial charge in [0.25, 0.3) is 0 Å². The van der Waals surface area contributed by atoms with E-state index in [1.165, 1.54) is 13.8 Å². The molecule has 0 N–H and O–H groups in total. The first-order valence-corrected chi connectivity index (χ1v) is 4.06. The predicted molar refractivity (Wildman–Crippen MR) is 46.2 cm³/mol. The van der Waals surface area contributed by atoms with Gasteiger partial charge in [-0.05, 0) is 13.8 Å². The van der Waals surface area contributed by atoms with Gasteiger partial charge in [-0.15, -0.1) is 0 Å². The molecule has 0 aliphatic rings. The second kappa shape index (κ2) is 5.26. The molecule has 1 unspecified atom stereocenters. The summed E-state index contributed by atoms with van der Waals surface area (Å²) in [5.41, 5.74) is 0. The van der Waals surface area contributed by atoms with Gasteiger partial charge in [-0.1, -0.05) is 0 Å². The molecule has 0 aliphatic heterocycles. The molecule has 0 spiro atoms. The Morgan fingerprint density at radius 2 is 1.57 bits per heavy atom. The third-order valence-electron chi connectivity index (χ3n) is 1.51. The molecule has 0 aromatic carbocycles. The van der Waals surface area contributed by atoms with Crippen LogP contribution in [-0.4, -0.2) is 23.5 Å². The van der Waals surface area contributed by atoms with Crippen LogP contribution in [0, 0.1) is 5.92 Å². The van der Waals surface area contributed by atoms with Crippen LogP contribution in [-0.2, 0) is 23.9 Å². The molecule has 0 heterocycles. The van der Waals surface area contributed by atoms with Gasteiger partial charge in [-0.3, -0.25) is 19.2 Å². The summed E-state index contributed by atoms with van der Waals surface area (Å²) in [4.78, 5) is 43.2. The Kier molecular flexibility index (Phi) is 4.69. The number of carbonyl (C=O) groups excluding carboxylic acids is 4. The van der Waals surface area contributed by atoms with Crippen molar-refractivity contribution in [2.75, 3.05) is 0 Å². The summed E-state index contributed by atoms with van der Waals surface area (Å²) >= 11 is 0. The van der Waals surface area contributed by atoms with Crippen molar-refractivity contribution < 1.29 is 23.9 Å². The zero-order chi connectivity index (χ0) is 11.3. The lowest BCUT2D eigenvalue weighted by Gasteiger charge is -2.08. The van der Waals surface area contributed by atoms with Crippen LogP contribution < -0.4 is 0 Å². The van der Waals surface area contributed by atoms with E-state index in [4.69, 9.17) is 0 Å². The molecule has 0 radical (unpaired) electrons. The van der Waals surface area contributed by atoms with E-state index in [-0.39, 0.29) is 12.2 Å². The molecule has 0 saturated carbocycles. The van der Waals surface area contributed by atoms with Gasteiger partial charge in [0.15, 0.2) is 0 Å². The summed E-state index contributed by atoms with van der Waals surface area (Å²) in [6.45, 7) is 3.49. The smallest absolute Gasteiger partial charge is 0.324 e. The fourth-order valence-electron chi connectivity index (χ4n) is 0.893. The fraction of sp³-hybridized carbons (Fsp3) is 0.556. The van der Waals surface area contributed by atoms with Gasteiger partial charge in [-0.2, -0.15) is 0 Å². The maximum absolute atomic E-state index is 11.1. The Morgan fingerprint density at radius 1 is 1.07 bits per heavy atom. The molecule has 5 heteroatoms. The third kappa shape index (κ3) is 4.49. The quantitative estimate of drug-likeness (QED) is 0.480. The summed E-state index contributed by atoms with van der Waals surface area (Å²) in [5, 5.41) is 0. The second-order valence-corrected chi connectivity index (χ2v) is 2.98. The molecule has 14 heavy (non-hydrogen) atoms. The van der Waals surface area contributed by atoms with E-state index in [1.807, 2.05) is 0 Å². The molecule has 0 aromatic heterocycles. The average Bonchev–Trinajstić information content (AvgIpc) is 1.97. The number of carbonyl (C=O) groups is 4. The molecule has 0 bridgehead atoms. The Hall–Kier alpha value is -1.52. The number of ketones is 2. The van der Waals surface area contributed by atoms with Gasteiger partial charge in [-0.25, -0.2) is 0 Å². The highest BCUT2D eigenvalue weighted by Gasteiger charge is 2.27. The van der Waals surface area contributed by atoms with Gasteiger partial charge in [0.2, 0.25) is 0 Å². The van der Waals surface area contributed by atoms with Crippen molar-refractivity contribution >= 4 is 23.5 Å². The lowest BCUT2D eigenvalue weighted by molar-refractivity contribution is -0.162. The Balaban J connectivity index is 4.49. The summed E-state index contributed by atoms with van der Waals surface area (Å²) in [7, 11) is 0. The first-order valence-electron chi connectivity index (χ1n) is 4.06. The van der Waals surface area contributed by atoms with Crippen LogP contribution in [0.3, 0.4) is 0 Å². The minimum Gasteiger partial charge on any atom is -0.393 e. The maximum Gasteiger partial charge on any atom is 0.324 e. The number of ether oxygens (including phenoxy) is 1. The van der Waals surface area contributed by atoms with E-state index < -0.39 is 23.6 Å². The predicted octanol–water partition coefficient (Wildman–Crippen LogP) is 0.260. The Morgan fingerprint density at radius 3 is 1.86 bits per heavy atom. The molecular formula is C9H12O5. The molecule has 1 atom stereocenters. The summed E-state index contributed by atoms with van der Waals surface area (Å²) in [6.07, 6.45) is -0.221. The van der Waals surface area contributed by atoms with Crippen LogP contribution >= 0.6 is 0 Å². The van der Waals surface area contributed by atoms with Crippen molar-refractivity contribution in [1.82, 2.24) is 0 Å². The fourth-order valence-corrected chi connectivity index (χ4v) is 0.893. The first kappa shape index (κ1) is 12.5. The molecule has 5 nitrogen and oxygen atoms in total. The SMILES string of the molecule is CC(=O)CC(C(C)=O)C(=O)OC(C)=O. The summed E-state index contributed by atoms with van der Waals surface area (Å²) < 4.78 is 4.22. The van der Waals surface area contributed by atoms with Crippen LogP contribution in [0.15, 0.2) is 0 Å². The normalized spacial score (nSPS) is 11.6. The highest BCUT2D eigenvalue weighted by atomic mass is 16.6. The molecule has 78 valence electrons. The van der Waals surface area contributed by atoms with Crippen molar-refractivity contribution in [3.05, 3.63) is 0 Å². The molecule has 0 rings (SSSR count). The van der Waals surface area contributed by atoms with E-state index in [0.717, 1.165) is 6.92 Å². The van der Waals surface area contributed by atoms with Crippen molar-refractivity contribution in [2.24, 2.45) is 5.92 Å². The van der Waals surface area contributed by atoms with E-state index in [9.17, 15) is 19.2 Å². The molecule has 0 saturated heterocycles. The number of hydrogen-bond donors (Lipinski definition) is 0. The average molecular weight is 200 g/mol. The van der Waals surface area contributed by atoms with Crippen LogP contribution in [0.4, 0.5) is 0 Å². The van der Waals surface area contributed by atoms with Crippen LogP contribution in [0.5, 0.6) is 0 Å². The monoisotopic (exact) mass is 200 g/mol. The van der Waals surface area contributed by atoms with Crippen LogP contribution in [0.2, 0.25) is 0 Å². The lowest BCUT2D eigenvalue weighted by atomic mass is 9.99. The van der Waals surface area contributed by atoms with Gasteiger partial charge in [0.05, 0.1) is 0 Å². The van der Waals surface area contributed by atoms with E-state index in [0.29, 0.717) is 0 Å². The Bertz CT molecular complexity index is 279. The topological polar surface area (TPSA) is 77.5 Å². The van der Waals surface area contributed by atoms with Gasteiger partial charge in [0.1, 0.15) is 17.5 Å². The first-order chi connectivity index (χ1) is 6.34. The molecule has 0 aromatic rings. The van der Waals surface area contributed by atoms with Crippen molar-refractivity contribution in [2.45, 2.75) is 27.2 Å². The van der Waals surface area contributed by atoms with E-state index in [2.05, 4.69) is 4.74 Å². The molecule has 0 amide bonds. The van der Waals surface area contributed by atoms with Crippen molar-refractivity contribution in [3.8, 4) is 0 Å². The third-order valence-corrected chi connectivity index (χ3v) is 1.51. The summed E-state index contributed by atoms with van der Waals surface area (Å²) in [5.74, 6) is -3.68. The minimum absolute atomic E-state index is 0.221. The number of hydrogen-bond acceptors (Lipinski definition) is 5. The van der Waals surface area contributed by atoms with Crippen LogP contribution in [0.1, 0.15) is 27.2 Å². The van der Waals surface area contributed by atoms with Gasteiger partial charge < -0.3 is 4.74 Å². The summed E-state index contributed by atoms with van der Waals surface area (Å²) in [6, 6.07) is 0. The van der Waals surface area contributed by atoms with Gasteiger partial charge >= 0.3 is 11.9 Å².